The lowest BCUT2D eigenvalue weighted by Crippen LogP contribution is -2.17. The second-order valence-corrected chi connectivity index (χ2v) is 9.60. The van der Waals surface area contributed by atoms with Crippen LogP contribution in [-0.4, -0.2) is 47.6 Å². The molecule has 5 aromatic rings. The monoisotopic (exact) mass is 495 g/mol. The Hall–Kier alpha value is -4.80. The van der Waals surface area contributed by atoms with Gasteiger partial charge >= 0.3 is 0 Å². The highest BCUT2D eigenvalue weighted by Gasteiger charge is 2.29. The van der Waals surface area contributed by atoms with E-state index in [-0.39, 0.29) is 5.54 Å². The lowest BCUT2D eigenvalue weighted by atomic mass is 10.1. The van der Waals surface area contributed by atoms with Gasteiger partial charge in [0, 0.05) is 22.8 Å². The van der Waals surface area contributed by atoms with E-state index in [9.17, 15) is 0 Å². The molecule has 11 heteroatoms. The molecule has 1 aliphatic heterocycles. The number of aryl methyl sites for hydroxylation is 2. The molecule has 3 N–H and O–H groups in total. The zero-order valence-corrected chi connectivity index (χ0v) is 20.9. The molecule has 1 aliphatic rings. The van der Waals surface area contributed by atoms with Crippen molar-refractivity contribution >= 4 is 39.6 Å². The van der Waals surface area contributed by atoms with E-state index in [0.717, 1.165) is 28.0 Å². The number of nitrogens with two attached hydrogens (primary N) is 1. The maximum atomic E-state index is 6.07. The van der Waals surface area contributed by atoms with Gasteiger partial charge in [0.05, 0.1) is 11.1 Å². The molecule has 2 aromatic carbocycles. The van der Waals surface area contributed by atoms with Crippen molar-refractivity contribution in [3.05, 3.63) is 66.0 Å². The average molecular weight is 496 g/mol. The van der Waals surface area contributed by atoms with Crippen LogP contribution < -0.4 is 15.8 Å². The molecule has 6 rings (SSSR count). The van der Waals surface area contributed by atoms with Crippen molar-refractivity contribution < 1.29 is 9.47 Å². The van der Waals surface area contributed by atoms with E-state index in [1.54, 1.807) is 16.8 Å². The molecule has 0 radical (unpaired) electrons. The third-order valence-corrected chi connectivity index (χ3v) is 5.98. The highest BCUT2D eigenvalue weighted by molar-refractivity contribution is 5.98. The second-order valence-electron chi connectivity index (χ2n) is 9.60. The number of nitrogen functional groups attached to an aromatic ring is 1. The number of fused-ring (bicyclic) bond motifs is 2. The van der Waals surface area contributed by atoms with E-state index in [4.69, 9.17) is 20.2 Å². The van der Waals surface area contributed by atoms with Crippen LogP contribution in [0.1, 0.15) is 31.1 Å². The molecule has 186 valence electrons. The maximum absolute atomic E-state index is 6.07. The molecule has 0 unspecified atom stereocenters. The zero-order chi connectivity index (χ0) is 25.7. The first-order chi connectivity index (χ1) is 17.7. The molecule has 0 atom stereocenters. The molecule has 0 saturated carbocycles. The van der Waals surface area contributed by atoms with Crippen LogP contribution in [0.25, 0.3) is 16.6 Å². The van der Waals surface area contributed by atoms with Gasteiger partial charge in [-0.2, -0.15) is 0 Å². The average Bonchev–Trinajstić information content (AvgIpc) is 3.42. The molecule has 0 saturated heterocycles. The summed E-state index contributed by atoms with van der Waals surface area (Å²) in [6.07, 6.45) is 1.65. The Kier molecular flexibility index (Phi) is 5.14. The minimum atomic E-state index is -0.318. The number of rotatable bonds is 5. The summed E-state index contributed by atoms with van der Waals surface area (Å²) >= 11 is 0. The largest absolute Gasteiger partial charge is 0.473 e. The van der Waals surface area contributed by atoms with Gasteiger partial charge in [-0.05, 0) is 69.7 Å². The molecule has 4 heterocycles. The Morgan fingerprint density at radius 3 is 2.70 bits per heavy atom. The normalized spacial score (nSPS) is 14.5. The number of ether oxygens (including phenoxy) is 2. The second kappa shape index (κ2) is 8.40. The van der Waals surface area contributed by atoms with Gasteiger partial charge in [0.25, 0.3) is 5.90 Å². The van der Waals surface area contributed by atoms with E-state index >= 15 is 0 Å². The molecule has 3 aromatic heterocycles. The van der Waals surface area contributed by atoms with E-state index in [0.29, 0.717) is 47.1 Å². The topological polar surface area (TPSA) is 138 Å². The summed E-state index contributed by atoms with van der Waals surface area (Å²) in [5.74, 6) is 3.33. The lowest BCUT2D eigenvalue weighted by Gasteiger charge is -2.13. The molecule has 0 fully saturated rings. The smallest absolute Gasteiger partial charge is 0.255 e. The summed E-state index contributed by atoms with van der Waals surface area (Å²) in [5, 5.41) is 12.4. The van der Waals surface area contributed by atoms with Crippen molar-refractivity contribution in [2.45, 2.75) is 33.2 Å². The number of aromatic nitrogens is 6. The van der Waals surface area contributed by atoms with Crippen LogP contribution in [-0.2, 0) is 4.74 Å². The summed E-state index contributed by atoms with van der Waals surface area (Å²) in [5.41, 5.74) is 9.51. The van der Waals surface area contributed by atoms with Crippen molar-refractivity contribution in [2.75, 3.05) is 17.7 Å². The van der Waals surface area contributed by atoms with Gasteiger partial charge in [0.2, 0.25) is 11.7 Å². The fourth-order valence-electron chi connectivity index (χ4n) is 4.07. The van der Waals surface area contributed by atoms with Crippen molar-refractivity contribution in [3.63, 3.8) is 0 Å². The minimum Gasteiger partial charge on any atom is -0.473 e. The van der Waals surface area contributed by atoms with Crippen molar-refractivity contribution in [2.24, 2.45) is 4.99 Å². The number of hydrogen-bond donors (Lipinski definition) is 2. The Morgan fingerprint density at radius 2 is 1.92 bits per heavy atom. The number of aliphatic imine (C=N–C) groups is 1. The molecular formula is C26H25N9O2. The van der Waals surface area contributed by atoms with Gasteiger partial charge in [-0.1, -0.05) is 0 Å². The first-order valence-electron chi connectivity index (χ1n) is 11.8. The number of benzene rings is 2. The van der Waals surface area contributed by atoms with E-state index in [2.05, 4.69) is 30.5 Å². The summed E-state index contributed by atoms with van der Waals surface area (Å²) in [6.45, 7) is 8.33. The highest BCUT2D eigenvalue weighted by atomic mass is 16.5. The Balaban J connectivity index is 1.32. The van der Waals surface area contributed by atoms with Crippen LogP contribution in [0.2, 0.25) is 0 Å². The number of anilines is 3. The maximum Gasteiger partial charge on any atom is 0.255 e. The highest BCUT2D eigenvalue weighted by Crippen LogP contribution is 2.31. The predicted molar refractivity (Wildman–Crippen MR) is 141 cm³/mol. The van der Waals surface area contributed by atoms with E-state index < -0.39 is 0 Å². The number of hydrogen-bond acceptors (Lipinski definition) is 10. The SMILES string of the molecule is Cc1cc(Nc2nc(C3=NC(C)(C)CO3)nc3ccc(N)cc23)ccc1Oc1cc2nnc(C)n2cn1. The summed E-state index contributed by atoms with van der Waals surface area (Å²) in [4.78, 5) is 18.4. The zero-order valence-electron chi connectivity index (χ0n) is 20.9. The van der Waals surface area contributed by atoms with Crippen molar-refractivity contribution in [1.82, 2.24) is 29.5 Å². The molecule has 0 spiro atoms. The van der Waals surface area contributed by atoms with E-state index in [1.807, 2.05) is 64.1 Å². The Morgan fingerprint density at radius 1 is 1.05 bits per heavy atom. The first-order valence-corrected chi connectivity index (χ1v) is 11.8. The van der Waals surface area contributed by atoms with Gasteiger partial charge < -0.3 is 20.5 Å². The fourth-order valence-corrected chi connectivity index (χ4v) is 4.07. The first kappa shape index (κ1) is 22.7. The van der Waals surface area contributed by atoms with Crippen molar-refractivity contribution in [3.8, 4) is 11.6 Å². The van der Waals surface area contributed by atoms with Crippen LogP contribution in [0.15, 0.2) is 53.8 Å². The van der Waals surface area contributed by atoms with Gasteiger partial charge in [0.15, 0.2) is 5.65 Å². The standard InChI is InChI=1S/C26H25N9O2/c1-14-9-17(6-8-20(14)37-22-11-21-34-33-15(2)35(21)13-28-22)29-23-18-10-16(27)5-7-19(18)30-24(31-23)25-32-26(3,4)12-36-25/h5-11,13H,12,27H2,1-4H3,(H,29,30,31). The molecule has 0 aliphatic carbocycles. The van der Waals surface area contributed by atoms with Crippen LogP contribution in [0.5, 0.6) is 11.6 Å². The van der Waals surface area contributed by atoms with Gasteiger partial charge in [-0.25, -0.2) is 19.9 Å². The summed E-state index contributed by atoms with van der Waals surface area (Å²) in [7, 11) is 0. The number of nitrogens with zero attached hydrogens (tertiary/aromatic N) is 7. The summed E-state index contributed by atoms with van der Waals surface area (Å²) in [6, 6.07) is 13.0. The molecule has 37 heavy (non-hydrogen) atoms. The Labute approximate surface area is 212 Å². The molecular weight excluding hydrogens is 470 g/mol. The van der Waals surface area contributed by atoms with Crippen LogP contribution in [0, 0.1) is 13.8 Å². The van der Waals surface area contributed by atoms with E-state index in [1.165, 1.54) is 0 Å². The predicted octanol–water partition coefficient (Wildman–Crippen LogP) is 4.36. The number of nitrogens with one attached hydrogen (secondary N) is 1. The molecule has 0 amide bonds. The lowest BCUT2D eigenvalue weighted by molar-refractivity contribution is 0.278. The van der Waals surface area contributed by atoms with Gasteiger partial charge in [0.1, 0.15) is 30.3 Å². The van der Waals surface area contributed by atoms with Crippen molar-refractivity contribution in [1.29, 1.82) is 0 Å². The van der Waals surface area contributed by atoms with Gasteiger partial charge in [-0.3, -0.25) is 4.40 Å². The quantitative estimate of drug-likeness (QED) is 0.341. The van der Waals surface area contributed by atoms with Gasteiger partial charge in [-0.15, -0.1) is 10.2 Å². The van der Waals surface area contributed by atoms with Crippen LogP contribution in [0.3, 0.4) is 0 Å². The Bertz CT molecular complexity index is 1710. The fraction of sp³-hybridized carbons (Fsp3) is 0.231. The van der Waals surface area contributed by atoms with Crippen LogP contribution >= 0.6 is 0 Å². The minimum absolute atomic E-state index is 0.318. The molecule has 11 nitrogen and oxygen atoms in total. The third kappa shape index (κ3) is 4.35. The van der Waals surface area contributed by atoms with Crippen LogP contribution in [0.4, 0.5) is 17.2 Å². The third-order valence-electron chi connectivity index (χ3n) is 5.98. The molecule has 0 bridgehead atoms. The summed E-state index contributed by atoms with van der Waals surface area (Å²) < 4.78 is 13.6.